The van der Waals surface area contributed by atoms with Crippen molar-refractivity contribution in [1.29, 1.82) is 0 Å². The zero-order chi connectivity index (χ0) is 25.1. The number of Topliss-reactive ketones (excluding diaryl/α,β-unsaturated/α-hetero) is 1. The van der Waals surface area contributed by atoms with Crippen molar-refractivity contribution in [2.24, 2.45) is 0 Å². The fourth-order valence-corrected chi connectivity index (χ4v) is 6.25. The van der Waals surface area contributed by atoms with Crippen LogP contribution in [0.15, 0.2) is 17.0 Å². The quantitative estimate of drug-likeness (QED) is 0.413. The van der Waals surface area contributed by atoms with Gasteiger partial charge in [0.25, 0.3) is 0 Å². The summed E-state index contributed by atoms with van der Waals surface area (Å²) in [6.07, 6.45) is 0. The van der Waals surface area contributed by atoms with Crippen LogP contribution in [-0.4, -0.2) is 62.4 Å². The first-order chi connectivity index (χ1) is 15.4. The molecule has 2 rings (SSSR count). The number of aromatic amines is 1. The first-order valence-electron chi connectivity index (χ1n) is 10.9. The molecule has 0 fully saturated rings. The Hall–Kier alpha value is -2.49. The van der Waals surface area contributed by atoms with Crippen molar-refractivity contribution in [2.45, 2.75) is 59.4 Å². The van der Waals surface area contributed by atoms with Crippen molar-refractivity contribution < 1.29 is 27.5 Å². The van der Waals surface area contributed by atoms with E-state index in [-0.39, 0.29) is 30.3 Å². The van der Waals surface area contributed by atoms with Crippen LogP contribution >= 0.6 is 0 Å². The maximum absolute atomic E-state index is 13.8. The highest BCUT2D eigenvalue weighted by atomic mass is 32.2. The SMILES string of the molecule is CCOC(=O)c1[nH]c(C)c(C(=O)C(C)N(CCOC)S(=O)(=O)c2c(C)cc(C)cc2C)c1C. The number of aromatic nitrogens is 1. The lowest BCUT2D eigenvalue weighted by molar-refractivity contribution is 0.0519. The number of ketones is 1. The van der Waals surface area contributed by atoms with E-state index in [0.717, 1.165) is 5.56 Å². The van der Waals surface area contributed by atoms with Crippen LogP contribution < -0.4 is 0 Å². The summed E-state index contributed by atoms with van der Waals surface area (Å²) in [5.74, 6) is -0.960. The molecule has 1 heterocycles. The lowest BCUT2D eigenvalue weighted by atomic mass is 10.0. The van der Waals surface area contributed by atoms with E-state index in [9.17, 15) is 18.0 Å². The minimum atomic E-state index is -4.02. The fourth-order valence-electron chi connectivity index (χ4n) is 4.26. The van der Waals surface area contributed by atoms with Gasteiger partial charge in [-0.3, -0.25) is 4.79 Å². The van der Waals surface area contributed by atoms with Crippen LogP contribution in [0, 0.1) is 34.6 Å². The largest absolute Gasteiger partial charge is 0.461 e. The number of nitrogens with one attached hydrogen (secondary N) is 1. The minimum absolute atomic E-state index is 0.00570. The van der Waals surface area contributed by atoms with Gasteiger partial charge < -0.3 is 14.5 Å². The number of hydrogen-bond acceptors (Lipinski definition) is 6. The molecule has 33 heavy (non-hydrogen) atoms. The van der Waals surface area contributed by atoms with Crippen molar-refractivity contribution in [3.05, 3.63) is 51.3 Å². The Kier molecular flexibility index (Phi) is 8.62. The van der Waals surface area contributed by atoms with Gasteiger partial charge in [0.1, 0.15) is 5.69 Å². The molecular formula is C24H34N2O6S. The third kappa shape index (κ3) is 5.37. The van der Waals surface area contributed by atoms with Gasteiger partial charge >= 0.3 is 5.97 Å². The van der Waals surface area contributed by atoms with Crippen LogP contribution in [-0.2, 0) is 19.5 Å². The van der Waals surface area contributed by atoms with Crippen molar-refractivity contribution in [2.75, 3.05) is 26.9 Å². The van der Waals surface area contributed by atoms with Crippen molar-refractivity contribution in [3.8, 4) is 0 Å². The number of nitrogens with zero attached hydrogens (tertiary/aromatic N) is 1. The van der Waals surface area contributed by atoms with Crippen LogP contribution in [0.1, 0.15) is 62.6 Å². The average Bonchev–Trinajstić information content (AvgIpc) is 3.00. The van der Waals surface area contributed by atoms with Crippen molar-refractivity contribution in [3.63, 3.8) is 0 Å². The lowest BCUT2D eigenvalue weighted by Crippen LogP contribution is -2.45. The molecule has 8 nitrogen and oxygen atoms in total. The second-order valence-electron chi connectivity index (χ2n) is 8.22. The van der Waals surface area contributed by atoms with Gasteiger partial charge in [-0.2, -0.15) is 4.31 Å². The molecule has 0 spiro atoms. The number of sulfonamides is 1. The molecule has 1 atom stereocenters. The van der Waals surface area contributed by atoms with Gasteiger partial charge in [-0.1, -0.05) is 17.7 Å². The Morgan fingerprint density at radius 1 is 1.09 bits per heavy atom. The average molecular weight is 479 g/mol. The van der Waals surface area contributed by atoms with E-state index in [1.165, 1.54) is 11.4 Å². The molecule has 2 aromatic rings. The Balaban J connectivity index is 2.56. The zero-order valence-corrected chi connectivity index (χ0v) is 21.5. The number of rotatable bonds is 10. The molecule has 0 saturated carbocycles. The zero-order valence-electron chi connectivity index (χ0n) is 20.7. The normalized spacial score (nSPS) is 12.8. The number of benzene rings is 1. The minimum Gasteiger partial charge on any atom is -0.461 e. The number of carbonyl (C=O) groups is 2. The third-order valence-electron chi connectivity index (χ3n) is 5.66. The molecule has 0 bridgehead atoms. The molecule has 1 aromatic heterocycles. The molecule has 0 aliphatic heterocycles. The number of ether oxygens (including phenoxy) is 2. The Labute approximate surface area is 196 Å². The summed E-state index contributed by atoms with van der Waals surface area (Å²) in [6.45, 7) is 12.3. The lowest BCUT2D eigenvalue weighted by Gasteiger charge is -2.29. The molecule has 182 valence electrons. The third-order valence-corrected chi connectivity index (χ3v) is 7.94. The van der Waals surface area contributed by atoms with Crippen LogP contribution in [0.4, 0.5) is 0 Å². The molecule has 1 unspecified atom stereocenters. The van der Waals surface area contributed by atoms with E-state index in [1.807, 2.05) is 19.1 Å². The van der Waals surface area contributed by atoms with Crippen LogP contribution in [0.25, 0.3) is 0 Å². The molecule has 0 saturated heterocycles. The maximum atomic E-state index is 13.8. The summed E-state index contributed by atoms with van der Waals surface area (Å²) in [4.78, 5) is 28.9. The maximum Gasteiger partial charge on any atom is 0.355 e. The van der Waals surface area contributed by atoms with E-state index < -0.39 is 27.8 Å². The number of esters is 1. The number of carbonyl (C=O) groups excluding carboxylic acids is 2. The van der Waals surface area contributed by atoms with Gasteiger partial charge in [-0.25, -0.2) is 13.2 Å². The summed E-state index contributed by atoms with van der Waals surface area (Å²) in [7, 11) is -2.54. The topological polar surface area (TPSA) is 106 Å². The number of methoxy groups -OCH3 is 1. The van der Waals surface area contributed by atoms with Gasteiger partial charge in [0, 0.05) is 24.9 Å². The smallest absolute Gasteiger partial charge is 0.355 e. The number of aryl methyl sites for hydroxylation is 4. The predicted molar refractivity (Wildman–Crippen MR) is 126 cm³/mol. The predicted octanol–water partition coefficient (Wildman–Crippen LogP) is 3.64. The van der Waals surface area contributed by atoms with Gasteiger partial charge in [-0.05, 0) is 65.2 Å². The number of hydrogen-bond donors (Lipinski definition) is 1. The Bertz CT molecular complexity index is 1130. The molecule has 1 N–H and O–H groups in total. The van der Waals surface area contributed by atoms with Gasteiger partial charge in [0.2, 0.25) is 10.0 Å². The van der Waals surface area contributed by atoms with Crippen molar-refractivity contribution in [1.82, 2.24) is 9.29 Å². The van der Waals surface area contributed by atoms with E-state index in [0.29, 0.717) is 27.9 Å². The summed E-state index contributed by atoms with van der Waals surface area (Å²) in [6, 6.07) is 2.60. The highest BCUT2D eigenvalue weighted by molar-refractivity contribution is 7.89. The molecule has 9 heteroatoms. The van der Waals surface area contributed by atoms with Gasteiger partial charge in [0.05, 0.1) is 24.2 Å². The first kappa shape index (κ1) is 26.8. The highest BCUT2D eigenvalue weighted by Crippen LogP contribution is 2.29. The first-order valence-corrected chi connectivity index (χ1v) is 12.3. The monoisotopic (exact) mass is 478 g/mol. The summed E-state index contributed by atoms with van der Waals surface area (Å²) in [5, 5.41) is 0. The van der Waals surface area contributed by atoms with E-state index in [4.69, 9.17) is 9.47 Å². The van der Waals surface area contributed by atoms with Gasteiger partial charge in [-0.15, -0.1) is 0 Å². The van der Waals surface area contributed by atoms with Crippen LogP contribution in [0.3, 0.4) is 0 Å². The van der Waals surface area contributed by atoms with Crippen molar-refractivity contribution >= 4 is 21.8 Å². The Morgan fingerprint density at radius 2 is 1.67 bits per heavy atom. The molecule has 0 aliphatic carbocycles. The standard InChI is InChI=1S/C24H34N2O6S/c1-9-32-24(28)21-17(5)20(18(6)25-21)22(27)19(7)26(10-11-31-8)33(29,30)23-15(3)12-14(2)13-16(23)4/h12-13,19,25H,9-11H2,1-8H3. The molecule has 0 aliphatic rings. The second-order valence-corrected chi connectivity index (χ2v) is 10.0. The number of H-pyrrole nitrogens is 1. The fraction of sp³-hybridized carbons (Fsp3) is 0.500. The summed E-state index contributed by atoms with van der Waals surface area (Å²) < 4.78 is 38.9. The summed E-state index contributed by atoms with van der Waals surface area (Å²) >= 11 is 0. The molecule has 0 amide bonds. The van der Waals surface area contributed by atoms with Gasteiger partial charge in [0.15, 0.2) is 5.78 Å². The van der Waals surface area contributed by atoms with E-state index in [2.05, 4.69) is 4.98 Å². The van der Waals surface area contributed by atoms with Crippen LogP contribution in [0.2, 0.25) is 0 Å². The highest BCUT2D eigenvalue weighted by Gasteiger charge is 2.37. The molecule has 0 radical (unpaired) electrons. The molecule has 1 aromatic carbocycles. The summed E-state index contributed by atoms with van der Waals surface area (Å²) in [5.41, 5.74) is 3.61. The van der Waals surface area contributed by atoms with E-state index in [1.54, 1.807) is 41.5 Å². The van der Waals surface area contributed by atoms with Crippen LogP contribution in [0.5, 0.6) is 0 Å². The van der Waals surface area contributed by atoms with E-state index >= 15 is 0 Å². The molecular weight excluding hydrogens is 444 g/mol. The second kappa shape index (κ2) is 10.6. The Morgan fingerprint density at radius 3 is 2.18 bits per heavy atom.